The number of hydrogen-bond acceptors (Lipinski definition) is 2. The normalized spacial score (nSPS) is 15.3. The number of nitrogens with two attached hydrogens (primary N) is 1. The minimum absolute atomic E-state index is 0.127. The van der Waals surface area contributed by atoms with Crippen LogP contribution < -0.4 is 11.1 Å². The predicted molar refractivity (Wildman–Crippen MR) is 45.7 cm³/mol. The van der Waals surface area contributed by atoms with Crippen molar-refractivity contribution in [2.75, 3.05) is 7.05 Å². The molecule has 0 aliphatic carbocycles. The van der Waals surface area contributed by atoms with Crippen LogP contribution in [0.3, 0.4) is 0 Å². The Labute approximate surface area is 64.2 Å². The molecule has 0 rings (SSSR count). The molecule has 62 valence electrons. The Balaban J connectivity index is 4.02. The number of nitrogens with one attached hydrogen (secondary N) is 1. The fraction of sp³-hybridized carbons (Fsp3) is 1.00. The van der Waals surface area contributed by atoms with Gasteiger partial charge in [0.05, 0.1) is 6.17 Å². The van der Waals surface area contributed by atoms with E-state index >= 15 is 0 Å². The molecule has 10 heavy (non-hydrogen) atoms. The van der Waals surface area contributed by atoms with Crippen molar-refractivity contribution in [1.29, 1.82) is 0 Å². The first kappa shape index (κ1) is 9.92. The average molecular weight is 144 g/mol. The van der Waals surface area contributed by atoms with Crippen LogP contribution in [-0.2, 0) is 0 Å². The lowest BCUT2D eigenvalue weighted by molar-refractivity contribution is 0.209. The lowest BCUT2D eigenvalue weighted by atomic mass is 9.82. The van der Waals surface area contributed by atoms with Crippen molar-refractivity contribution < 1.29 is 0 Å². The Bertz CT molecular complexity index is 87.3. The minimum Gasteiger partial charge on any atom is -0.315 e. The van der Waals surface area contributed by atoms with Crippen LogP contribution in [0.2, 0.25) is 0 Å². The monoisotopic (exact) mass is 144 g/mol. The van der Waals surface area contributed by atoms with Gasteiger partial charge >= 0.3 is 0 Å². The van der Waals surface area contributed by atoms with Crippen molar-refractivity contribution in [3.63, 3.8) is 0 Å². The largest absolute Gasteiger partial charge is 0.315 e. The summed E-state index contributed by atoms with van der Waals surface area (Å²) < 4.78 is 0. The Morgan fingerprint density at radius 3 is 1.90 bits per heavy atom. The molecule has 0 amide bonds. The first-order chi connectivity index (χ1) is 4.60. The van der Waals surface area contributed by atoms with Crippen LogP contribution in [0, 0.1) is 5.41 Å². The van der Waals surface area contributed by atoms with Crippen LogP contribution in [0.4, 0.5) is 0 Å². The summed E-state index contributed by atoms with van der Waals surface area (Å²) in [4.78, 5) is 0. The van der Waals surface area contributed by atoms with E-state index in [-0.39, 0.29) is 11.6 Å². The van der Waals surface area contributed by atoms with Crippen LogP contribution in [0.25, 0.3) is 0 Å². The fourth-order valence-electron chi connectivity index (χ4n) is 1.04. The molecule has 2 nitrogen and oxygen atoms in total. The first-order valence-electron chi connectivity index (χ1n) is 4.03. The quantitative estimate of drug-likeness (QED) is 0.584. The Morgan fingerprint density at radius 1 is 1.40 bits per heavy atom. The highest BCUT2D eigenvalue weighted by atomic mass is 15.0. The van der Waals surface area contributed by atoms with E-state index < -0.39 is 0 Å². The molecule has 1 atom stereocenters. The molecule has 0 saturated carbocycles. The Morgan fingerprint density at radius 2 is 1.80 bits per heavy atom. The van der Waals surface area contributed by atoms with E-state index in [1.54, 1.807) is 0 Å². The summed E-state index contributed by atoms with van der Waals surface area (Å²) >= 11 is 0. The fourth-order valence-corrected chi connectivity index (χ4v) is 1.04. The maximum absolute atomic E-state index is 5.86. The Kier molecular flexibility index (Phi) is 3.91. The van der Waals surface area contributed by atoms with Crippen LogP contribution >= 0.6 is 0 Å². The van der Waals surface area contributed by atoms with Gasteiger partial charge in [-0.1, -0.05) is 20.8 Å². The summed E-state index contributed by atoms with van der Waals surface area (Å²) in [5.41, 5.74) is 6.12. The molecule has 0 spiro atoms. The molecule has 1 unspecified atom stereocenters. The van der Waals surface area contributed by atoms with Gasteiger partial charge in [-0.2, -0.15) is 0 Å². The van der Waals surface area contributed by atoms with Gasteiger partial charge in [0.15, 0.2) is 0 Å². The van der Waals surface area contributed by atoms with Gasteiger partial charge in [-0.05, 0) is 25.3 Å². The highest BCUT2D eigenvalue weighted by Crippen LogP contribution is 2.26. The van der Waals surface area contributed by atoms with E-state index in [0.29, 0.717) is 0 Å². The van der Waals surface area contributed by atoms with Crippen molar-refractivity contribution in [2.45, 2.75) is 39.8 Å². The van der Waals surface area contributed by atoms with E-state index in [1.165, 1.54) is 0 Å². The summed E-state index contributed by atoms with van der Waals surface area (Å²) in [6.45, 7) is 6.58. The summed E-state index contributed by atoms with van der Waals surface area (Å²) in [6, 6.07) is 0. The van der Waals surface area contributed by atoms with E-state index in [1.807, 2.05) is 7.05 Å². The van der Waals surface area contributed by atoms with Crippen molar-refractivity contribution in [2.24, 2.45) is 11.1 Å². The standard InChI is InChI=1S/C8H20N2/c1-5-8(3,6-2)7(9)10-4/h7,10H,5-6,9H2,1-4H3. The van der Waals surface area contributed by atoms with Crippen molar-refractivity contribution in [1.82, 2.24) is 5.32 Å². The van der Waals surface area contributed by atoms with Crippen molar-refractivity contribution in [3.8, 4) is 0 Å². The lowest BCUT2D eigenvalue weighted by Gasteiger charge is -2.33. The zero-order valence-electron chi connectivity index (χ0n) is 7.57. The summed E-state index contributed by atoms with van der Waals surface area (Å²) in [6.07, 6.45) is 2.39. The van der Waals surface area contributed by atoms with E-state index in [0.717, 1.165) is 12.8 Å². The van der Waals surface area contributed by atoms with Gasteiger partial charge in [-0.25, -0.2) is 0 Å². The van der Waals surface area contributed by atoms with Gasteiger partial charge < -0.3 is 11.1 Å². The lowest BCUT2D eigenvalue weighted by Crippen LogP contribution is -2.48. The molecule has 2 heteroatoms. The second kappa shape index (κ2) is 3.94. The third kappa shape index (κ3) is 1.96. The highest BCUT2D eigenvalue weighted by Gasteiger charge is 2.26. The van der Waals surface area contributed by atoms with Gasteiger partial charge in [-0.3, -0.25) is 0 Å². The van der Waals surface area contributed by atoms with Crippen LogP contribution in [0.1, 0.15) is 33.6 Å². The Hall–Kier alpha value is -0.0800. The predicted octanol–water partition coefficient (Wildman–Crippen LogP) is 1.32. The van der Waals surface area contributed by atoms with E-state index in [9.17, 15) is 0 Å². The zero-order valence-corrected chi connectivity index (χ0v) is 7.57. The maximum Gasteiger partial charge on any atom is 0.0599 e. The molecule has 0 fully saturated rings. The average Bonchev–Trinajstić information content (AvgIpc) is 2.01. The summed E-state index contributed by atoms with van der Waals surface area (Å²) in [7, 11) is 1.91. The summed E-state index contributed by atoms with van der Waals surface area (Å²) in [5, 5.41) is 3.09. The SMILES string of the molecule is CCC(C)(CC)C(N)NC. The minimum atomic E-state index is 0.127. The molecule has 3 N–H and O–H groups in total. The number of rotatable bonds is 4. The third-order valence-corrected chi connectivity index (χ3v) is 2.68. The third-order valence-electron chi connectivity index (χ3n) is 2.68. The molecule has 0 aromatic rings. The molecule has 0 aromatic carbocycles. The van der Waals surface area contributed by atoms with E-state index in [2.05, 4.69) is 26.1 Å². The van der Waals surface area contributed by atoms with E-state index in [4.69, 9.17) is 5.73 Å². The molecular weight excluding hydrogens is 124 g/mol. The molecule has 0 heterocycles. The molecule has 0 aliphatic heterocycles. The van der Waals surface area contributed by atoms with Gasteiger partial charge in [-0.15, -0.1) is 0 Å². The van der Waals surface area contributed by atoms with Gasteiger partial charge in [0.1, 0.15) is 0 Å². The smallest absolute Gasteiger partial charge is 0.0599 e. The van der Waals surface area contributed by atoms with Crippen LogP contribution in [0.5, 0.6) is 0 Å². The first-order valence-corrected chi connectivity index (χ1v) is 4.03. The molecule has 0 aromatic heterocycles. The summed E-state index contributed by atoms with van der Waals surface area (Å²) in [5.74, 6) is 0. The number of hydrogen-bond donors (Lipinski definition) is 2. The second-order valence-corrected chi connectivity index (χ2v) is 3.13. The topological polar surface area (TPSA) is 38.0 Å². The van der Waals surface area contributed by atoms with Gasteiger partial charge in [0.25, 0.3) is 0 Å². The molecule has 0 radical (unpaired) electrons. The molecular formula is C8H20N2. The molecule has 0 bridgehead atoms. The van der Waals surface area contributed by atoms with Crippen LogP contribution in [0.15, 0.2) is 0 Å². The highest BCUT2D eigenvalue weighted by molar-refractivity contribution is 4.79. The van der Waals surface area contributed by atoms with Gasteiger partial charge in [0.2, 0.25) is 0 Å². The second-order valence-electron chi connectivity index (χ2n) is 3.13. The van der Waals surface area contributed by atoms with Gasteiger partial charge in [0, 0.05) is 0 Å². The van der Waals surface area contributed by atoms with Crippen molar-refractivity contribution >= 4 is 0 Å². The zero-order chi connectivity index (χ0) is 8.20. The molecule has 0 saturated heterocycles. The van der Waals surface area contributed by atoms with Crippen molar-refractivity contribution in [3.05, 3.63) is 0 Å². The molecule has 0 aliphatic rings. The van der Waals surface area contributed by atoms with Crippen LogP contribution in [-0.4, -0.2) is 13.2 Å². The maximum atomic E-state index is 5.86.